The fourth-order valence-electron chi connectivity index (χ4n) is 3.07. The first-order chi connectivity index (χ1) is 13.5. The van der Waals surface area contributed by atoms with Gasteiger partial charge in [-0.15, -0.1) is 0 Å². The van der Waals surface area contributed by atoms with Crippen molar-refractivity contribution in [2.24, 2.45) is 10.7 Å². The van der Waals surface area contributed by atoms with Gasteiger partial charge in [-0.25, -0.2) is 8.78 Å². The number of aliphatic imine (C=N–C) groups is 1. The molecule has 3 N–H and O–H groups in total. The molecule has 2 atom stereocenters. The van der Waals surface area contributed by atoms with Crippen molar-refractivity contribution in [1.29, 1.82) is 0 Å². The highest BCUT2D eigenvalue weighted by atomic mass is 31.0. The third-order valence-electron chi connectivity index (χ3n) is 4.77. The monoisotopic (exact) mass is 425 g/mol. The molecule has 0 aromatic carbocycles. The van der Waals surface area contributed by atoms with E-state index in [1.54, 1.807) is 21.5 Å². The van der Waals surface area contributed by atoms with E-state index in [1.807, 2.05) is 37.9 Å². The van der Waals surface area contributed by atoms with E-state index in [1.165, 1.54) is 0 Å². The van der Waals surface area contributed by atoms with Gasteiger partial charge in [-0.05, 0) is 43.9 Å². The molecule has 0 fully saturated rings. The summed E-state index contributed by atoms with van der Waals surface area (Å²) in [5, 5.41) is 9.86. The number of aliphatic hydroxyl groups is 1. The smallest absolute Gasteiger partial charge is 0.259 e. The molecule has 4 nitrogen and oxygen atoms in total. The van der Waals surface area contributed by atoms with E-state index in [2.05, 4.69) is 18.5 Å². The van der Waals surface area contributed by atoms with Crippen molar-refractivity contribution in [3.63, 3.8) is 0 Å². The molecule has 1 rings (SSSR count). The third-order valence-corrected chi connectivity index (χ3v) is 5.06. The molecule has 1 aliphatic rings. The summed E-state index contributed by atoms with van der Waals surface area (Å²) in [6.07, 6.45) is 9.28. The lowest BCUT2D eigenvalue weighted by atomic mass is 9.98. The molecule has 0 saturated heterocycles. The van der Waals surface area contributed by atoms with Crippen LogP contribution in [0, 0.1) is 0 Å². The zero-order valence-electron chi connectivity index (χ0n) is 17.9. The number of rotatable bonds is 10. The summed E-state index contributed by atoms with van der Waals surface area (Å²) in [6.45, 7) is 10.1. The second-order valence-corrected chi connectivity index (χ2v) is 8.27. The van der Waals surface area contributed by atoms with Crippen LogP contribution in [0.4, 0.5) is 8.78 Å². The molecule has 162 valence electrons. The highest BCUT2D eigenvalue weighted by Gasteiger charge is 2.25. The van der Waals surface area contributed by atoms with Gasteiger partial charge < -0.3 is 15.7 Å². The molecule has 0 aliphatic carbocycles. The number of aliphatic hydroxyl groups excluding tert-OH is 1. The van der Waals surface area contributed by atoms with E-state index in [4.69, 9.17) is 5.73 Å². The molecule has 29 heavy (non-hydrogen) atoms. The largest absolute Gasteiger partial charge is 0.508 e. The Kier molecular flexibility index (Phi) is 9.78. The number of nitrogens with two attached hydrogens (primary N) is 1. The van der Waals surface area contributed by atoms with Crippen LogP contribution in [0.15, 0.2) is 63.7 Å². The molecule has 0 bridgehead atoms. The minimum absolute atomic E-state index is 0.133. The molecule has 0 aromatic heterocycles. The molecule has 1 heterocycles. The number of likely N-dealkylation sites (N-methyl/N-ethyl adjacent to an activating group) is 1. The minimum atomic E-state index is -2.75. The van der Waals surface area contributed by atoms with Crippen LogP contribution < -0.4 is 5.73 Å². The van der Waals surface area contributed by atoms with Gasteiger partial charge in [0.1, 0.15) is 5.76 Å². The second-order valence-electron chi connectivity index (χ2n) is 7.43. The van der Waals surface area contributed by atoms with Crippen LogP contribution in [0.3, 0.4) is 0 Å². The SMILES string of the molecule is C=C(O)C(C=NC(C)C1=CC(C)=C(CCC(F)(F)P)N(C)C1)=C(N)/C=C\CCC. The summed E-state index contributed by atoms with van der Waals surface area (Å²) in [5.74, 6) is -0.133. The average molecular weight is 426 g/mol. The maximum absolute atomic E-state index is 13.2. The van der Waals surface area contributed by atoms with Crippen LogP contribution in [-0.4, -0.2) is 41.5 Å². The summed E-state index contributed by atoms with van der Waals surface area (Å²) in [7, 11) is 3.50. The lowest BCUT2D eigenvalue weighted by Gasteiger charge is -2.31. The van der Waals surface area contributed by atoms with Crippen LogP contribution in [-0.2, 0) is 0 Å². The van der Waals surface area contributed by atoms with Gasteiger partial charge in [-0.2, -0.15) is 0 Å². The number of hydrogen-bond donors (Lipinski definition) is 2. The molecule has 7 heteroatoms. The van der Waals surface area contributed by atoms with Gasteiger partial charge >= 0.3 is 0 Å². The summed E-state index contributed by atoms with van der Waals surface area (Å²) in [5.41, 5.74) is 7.04. The van der Waals surface area contributed by atoms with Crippen molar-refractivity contribution in [2.75, 3.05) is 13.6 Å². The number of halogens is 2. The van der Waals surface area contributed by atoms with Crippen molar-refractivity contribution >= 4 is 15.5 Å². The molecular weight excluding hydrogens is 391 g/mol. The van der Waals surface area contributed by atoms with Crippen LogP contribution in [0.2, 0.25) is 0 Å². The van der Waals surface area contributed by atoms with Gasteiger partial charge in [-0.1, -0.05) is 41.3 Å². The first-order valence-electron chi connectivity index (χ1n) is 9.82. The Balaban J connectivity index is 3.00. The first-order valence-corrected chi connectivity index (χ1v) is 10.4. The summed E-state index contributed by atoms with van der Waals surface area (Å²) in [6, 6.07) is -0.154. The Morgan fingerprint density at radius 3 is 2.69 bits per heavy atom. The molecule has 0 saturated carbocycles. The van der Waals surface area contributed by atoms with Crippen molar-refractivity contribution in [3.8, 4) is 0 Å². The van der Waals surface area contributed by atoms with Crippen molar-refractivity contribution in [1.82, 2.24) is 4.90 Å². The van der Waals surface area contributed by atoms with E-state index in [0.717, 1.165) is 29.7 Å². The van der Waals surface area contributed by atoms with Gasteiger partial charge in [0, 0.05) is 37.6 Å². The normalized spacial score (nSPS) is 17.8. The minimum Gasteiger partial charge on any atom is -0.508 e. The van der Waals surface area contributed by atoms with Crippen LogP contribution in [0.1, 0.15) is 46.5 Å². The summed E-state index contributed by atoms with van der Waals surface area (Å²) in [4.78, 5) is 6.54. The molecule has 1 aliphatic heterocycles. The van der Waals surface area contributed by atoms with Gasteiger partial charge in [0.25, 0.3) is 5.66 Å². The number of allylic oxidation sites excluding steroid dienone is 6. The highest BCUT2D eigenvalue weighted by molar-refractivity contribution is 7.18. The lowest BCUT2D eigenvalue weighted by molar-refractivity contribution is 0.0924. The Hall–Kier alpha value is -1.94. The predicted molar refractivity (Wildman–Crippen MR) is 122 cm³/mol. The average Bonchev–Trinajstić information content (AvgIpc) is 2.59. The predicted octanol–water partition coefficient (Wildman–Crippen LogP) is 5.48. The maximum Gasteiger partial charge on any atom is 0.259 e. The fourth-order valence-corrected chi connectivity index (χ4v) is 3.21. The van der Waals surface area contributed by atoms with Gasteiger partial charge in [0.15, 0.2) is 0 Å². The zero-order chi connectivity index (χ0) is 22.2. The Morgan fingerprint density at radius 2 is 2.17 bits per heavy atom. The second kappa shape index (κ2) is 11.3. The van der Waals surface area contributed by atoms with E-state index in [-0.39, 0.29) is 18.2 Å². The lowest BCUT2D eigenvalue weighted by Crippen LogP contribution is -2.29. The van der Waals surface area contributed by atoms with Crippen LogP contribution in [0.25, 0.3) is 0 Å². The van der Waals surface area contributed by atoms with E-state index in [0.29, 0.717) is 24.2 Å². The summed E-state index contributed by atoms with van der Waals surface area (Å²) >= 11 is 0. The van der Waals surface area contributed by atoms with Crippen molar-refractivity contribution < 1.29 is 13.9 Å². The fraction of sp³-hybridized carbons (Fsp3) is 0.500. The molecule has 0 aromatic rings. The van der Waals surface area contributed by atoms with Gasteiger partial charge in [0.2, 0.25) is 0 Å². The first kappa shape index (κ1) is 25.1. The van der Waals surface area contributed by atoms with Gasteiger partial charge in [0.05, 0.1) is 11.6 Å². The third kappa shape index (κ3) is 8.53. The topological polar surface area (TPSA) is 61.9 Å². The van der Waals surface area contributed by atoms with E-state index in [9.17, 15) is 13.9 Å². The zero-order valence-corrected chi connectivity index (χ0v) is 19.0. The van der Waals surface area contributed by atoms with E-state index >= 15 is 0 Å². The molecule has 0 spiro atoms. The Morgan fingerprint density at radius 1 is 1.52 bits per heavy atom. The van der Waals surface area contributed by atoms with E-state index < -0.39 is 5.66 Å². The number of alkyl halides is 2. The number of unbranched alkanes of at least 4 members (excludes halogenated alkanes) is 1. The summed E-state index contributed by atoms with van der Waals surface area (Å²) < 4.78 is 26.4. The maximum atomic E-state index is 13.2. The molecule has 0 amide bonds. The molecular formula is C22H34F2N3OP. The van der Waals surface area contributed by atoms with Gasteiger partial charge in [-0.3, -0.25) is 4.99 Å². The number of hydrogen-bond acceptors (Lipinski definition) is 4. The quantitative estimate of drug-likeness (QED) is 0.211. The number of nitrogens with zero attached hydrogens (tertiary/aromatic N) is 2. The van der Waals surface area contributed by atoms with Crippen molar-refractivity contribution in [3.05, 3.63) is 58.7 Å². The van der Waals surface area contributed by atoms with Crippen molar-refractivity contribution in [2.45, 2.75) is 58.2 Å². The van der Waals surface area contributed by atoms with Crippen LogP contribution in [0.5, 0.6) is 0 Å². The highest BCUT2D eigenvalue weighted by Crippen LogP contribution is 2.33. The van der Waals surface area contributed by atoms with Crippen LogP contribution >= 0.6 is 9.24 Å². The Labute approximate surface area is 175 Å². The standard InChI is InChI=1S/C22H34F2N3OP/c1-6-7-8-9-20(25)19(17(4)28)13-26-16(3)18-12-15(2)21(27(5)14-18)10-11-22(23,24)29/h8-9,12-13,16,28H,4,6-7,10-11,14,25,29H2,1-3,5H3/b9-8-,20-19?,26-13?. The Bertz CT molecular complexity index is 746. The molecule has 2 unspecified atom stereocenters. The molecule has 0 radical (unpaired) electrons.